The molecule has 1 aliphatic rings. The van der Waals surface area contributed by atoms with Crippen LogP contribution in [0.25, 0.3) is 0 Å². The fraction of sp³-hybridized carbons (Fsp3) is 0.600. The lowest BCUT2D eigenvalue weighted by molar-refractivity contribution is 0.0640. The van der Waals surface area contributed by atoms with E-state index in [0.29, 0.717) is 5.82 Å². The zero-order chi connectivity index (χ0) is 24.2. The highest BCUT2D eigenvalue weighted by Gasteiger charge is 2.43. The van der Waals surface area contributed by atoms with Gasteiger partial charge in [-0.05, 0) is 58.7 Å². The monoisotopic (exact) mass is 457 g/mol. The van der Waals surface area contributed by atoms with Crippen molar-refractivity contribution in [3.8, 4) is 11.6 Å². The Labute approximate surface area is 196 Å². The van der Waals surface area contributed by atoms with Crippen molar-refractivity contribution >= 4 is 11.7 Å². The Hall–Kier alpha value is -2.77. The number of anilines is 1. The predicted molar refractivity (Wildman–Crippen MR) is 127 cm³/mol. The van der Waals surface area contributed by atoms with E-state index >= 15 is 0 Å². The topological polar surface area (TPSA) is 71.5 Å². The van der Waals surface area contributed by atoms with Crippen LogP contribution >= 0.6 is 0 Å². The van der Waals surface area contributed by atoms with Crippen LogP contribution in [0.5, 0.6) is 11.6 Å². The van der Waals surface area contributed by atoms with Crippen molar-refractivity contribution in [1.29, 1.82) is 0 Å². The summed E-state index contributed by atoms with van der Waals surface area (Å²) in [6.45, 7) is 13.9. The smallest absolute Gasteiger partial charge is 0.282 e. The SMILES string of the molecule is CCCC1(CCC)CN(c2ncnnc2Oc2ccc(F)cc2C(=O)N(C(C)C)C(C)C)C1. The van der Waals surface area contributed by atoms with Gasteiger partial charge >= 0.3 is 0 Å². The van der Waals surface area contributed by atoms with Gasteiger partial charge in [0.2, 0.25) is 0 Å². The van der Waals surface area contributed by atoms with E-state index in [-0.39, 0.29) is 40.6 Å². The Morgan fingerprint density at radius 1 is 1.15 bits per heavy atom. The van der Waals surface area contributed by atoms with Crippen molar-refractivity contribution < 1.29 is 13.9 Å². The number of ether oxygens (including phenoxy) is 1. The highest BCUT2D eigenvalue weighted by atomic mass is 19.1. The summed E-state index contributed by atoms with van der Waals surface area (Å²) in [6, 6.07) is 3.87. The van der Waals surface area contributed by atoms with Crippen LogP contribution in [0.2, 0.25) is 0 Å². The normalized spacial score (nSPS) is 15.0. The van der Waals surface area contributed by atoms with Crippen LogP contribution in [0.4, 0.5) is 10.2 Å². The van der Waals surface area contributed by atoms with Gasteiger partial charge < -0.3 is 14.5 Å². The fourth-order valence-corrected chi connectivity index (χ4v) is 5.02. The summed E-state index contributed by atoms with van der Waals surface area (Å²) in [7, 11) is 0. The van der Waals surface area contributed by atoms with Gasteiger partial charge in [-0.3, -0.25) is 4.79 Å². The van der Waals surface area contributed by atoms with Gasteiger partial charge in [-0.15, -0.1) is 10.2 Å². The molecule has 2 heterocycles. The van der Waals surface area contributed by atoms with Crippen LogP contribution in [-0.2, 0) is 0 Å². The maximum absolute atomic E-state index is 14.1. The van der Waals surface area contributed by atoms with Crippen LogP contribution in [-0.4, -0.2) is 51.2 Å². The van der Waals surface area contributed by atoms with E-state index in [2.05, 4.69) is 33.9 Å². The number of rotatable bonds is 10. The molecule has 0 N–H and O–H groups in total. The molecule has 0 unspecified atom stereocenters. The largest absolute Gasteiger partial charge is 0.434 e. The maximum Gasteiger partial charge on any atom is 0.282 e. The minimum absolute atomic E-state index is 0.0475. The summed E-state index contributed by atoms with van der Waals surface area (Å²) in [6.07, 6.45) is 6.02. The molecule has 1 aliphatic heterocycles. The van der Waals surface area contributed by atoms with E-state index in [1.807, 2.05) is 27.7 Å². The Balaban J connectivity index is 1.90. The molecule has 7 nitrogen and oxygen atoms in total. The molecule has 3 rings (SSSR count). The average molecular weight is 458 g/mol. The molecule has 8 heteroatoms. The van der Waals surface area contributed by atoms with Gasteiger partial charge in [-0.2, -0.15) is 0 Å². The molecule has 0 atom stereocenters. The summed E-state index contributed by atoms with van der Waals surface area (Å²) in [5, 5.41) is 8.05. The van der Waals surface area contributed by atoms with Crippen LogP contribution < -0.4 is 9.64 Å². The minimum Gasteiger partial charge on any atom is -0.434 e. The molecule has 180 valence electrons. The lowest BCUT2D eigenvalue weighted by Crippen LogP contribution is -2.56. The van der Waals surface area contributed by atoms with Gasteiger partial charge in [-0.1, -0.05) is 26.7 Å². The second-order valence-corrected chi connectivity index (χ2v) is 9.59. The van der Waals surface area contributed by atoms with Gasteiger partial charge in [0.1, 0.15) is 17.9 Å². The van der Waals surface area contributed by atoms with Crippen LogP contribution in [0.3, 0.4) is 0 Å². The van der Waals surface area contributed by atoms with E-state index in [4.69, 9.17) is 4.74 Å². The molecule has 1 fully saturated rings. The third-order valence-electron chi connectivity index (χ3n) is 6.21. The highest BCUT2D eigenvalue weighted by molar-refractivity contribution is 5.97. The number of hydrogen-bond donors (Lipinski definition) is 0. The second-order valence-electron chi connectivity index (χ2n) is 9.59. The molecular formula is C25H36FN5O2. The molecule has 1 aromatic heterocycles. The predicted octanol–water partition coefficient (Wildman–Crippen LogP) is 5.47. The number of amides is 1. The highest BCUT2D eigenvalue weighted by Crippen LogP contribution is 2.43. The summed E-state index contributed by atoms with van der Waals surface area (Å²) >= 11 is 0. The van der Waals surface area contributed by atoms with E-state index in [1.54, 1.807) is 4.90 Å². The first-order chi connectivity index (χ1) is 15.7. The first kappa shape index (κ1) is 24.9. The Morgan fingerprint density at radius 2 is 1.79 bits per heavy atom. The molecule has 0 aliphatic carbocycles. The number of benzene rings is 1. The van der Waals surface area contributed by atoms with Crippen molar-refractivity contribution in [2.24, 2.45) is 5.41 Å². The van der Waals surface area contributed by atoms with Crippen molar-refractivity contribution in [1.82, 2.24) is 20.1 Å². The molecule has 1 aromatic carbocycles. The Kier molecular flexibility index (Phi) is 7.87. The molecule has 2 aromatic rings. The standard InChI is InChI=1S/C25H36FN5O2/c1-7-11-25(12-8-2)14-30(15-25)22-23(29-28-16-27-22)33-21-10-9-19(26)13-20(21)24(32)31(17(3)4)18(5)6/h9-10,13,16-18H,7-8,11-12,14-15H2,1-6H3. The molecule has 0 saturated carbocycles. The number of nitrogens with zero attached hydrogens (tertiary/aromatic N) is 5. The third-order valence-corrected chi connectivity index (χ3v) is 6.21. The first-order valence-corrected chi connectivity index (χ1v) is 11.9. The molecule has 1 amide bonds. The van der Waals surface area contributed by atoms with Gasteiger partial charge in [0.15, 0.2) is 5.82 Å². The lowest BCUT2D eigenvalue weighted by Gasteiger charge is -2.51. The molecule has 33 heavy (non-hydrogen) atoms. The first-order valence-electron chi connectivity index (χ1n) is 11.9. The number of carbonyl (C=O) groups excluding carboxylic acids is 1. The van der Waals surface area contributed by atoms with Crippen LogP contribution in [0.1, 0.15) is 77.6 Å². The summed E-state index contributed by atoms with van der Waals surface area (Å²) < 4.78 is 20.2. The molecule has 0 radical (unpaired) electrons. The van der Waals surface area contributed by atoms with Crippen molar-refractivity contribution in [2.45, 2.75) is 79.3 Å². The Bertz CT molecular complexity index is 944. The van der Waals surface area contributed by atoms with E-state index in [1.165, 1.54) is 37.4 Å². The van der Waals surface area contributed by atoms with Gasteiger partial charge in [0.25, 0.3) is 11.8 Å². The van der Waals surface area contributed by atoms with Crippen LogP contribution in [0, 0.1) is 11.2 Å². The van der Waals surface area contributed by atoms with E-state index < -0.39 is 5.82 Å². The molecular weight excluding hydrogens is 421 g/mol. The number of carbonyl (C=O) groups is 1. The quantitative estimate of drug-likeness (QED) is 0.471. The van der Waals surface area contributed by atoms with Crippen LogP contribution in [0.15, 0.2) is 24.5 Å². The Morgan fingerprint density at radius 3 is 2.36 bits per heavy atom. The molecule has 0 bridgehead atoms. The second kappa shape index (κ2) is 10.4. The van der Waals surface area contributed by atoms with Gasteiger partial charge in [-0.25, -0.2) is 9.37 Å². The van der Waals surface area contributed by atoms with Crippen molar-refractivity contribution in [2.75, 3.05) is 18.0 Å². The molecule has 1 saturated heterocycles. The van der Waals surface area contributed by atoms with E-state index in [9.17, 15) is 9.18 Å². The minimum atomic E-state index is -0.498. The van der Waals surface area contributed by atoms with Crippen molar-refractivity contribution in [3.05, 3.63) is 35.9 Å². The number of aromatic nitrogens is 3. The fourth-order valence-electron chi connectivity index (χ4n) is 5.02. The van der Waals surface area contributed by atoms with E-state index in [0.717, 1.165) is 25.9 Å². The maximum atomic E-state index is 14.1. The molecule has 0 spiro atoms. The summed E-state index contributed by atoms with van der Waals surface area (Å²) in [5.74, 6) is 0.273. The van der Waals surface area contributed by atoms with Gasteiger partial charge in [0, 0.05) is 30.6 Å². The third kappa shape index (κ3) is 5.42. The summed E-state index contributed by atoms with van der Waals surface area (Å²) in [4.78, 5) is 21.6. The zero-order valence-corrected chi connectivity index (χ0v) is 20.6. The number of halogens is 1. The number of hydrogen-bond acceptors (Lipinski definition) is 6. The zero-order valence-electron chi connectivity index (χ0n) is 20.6. The summed E-state index contributed by atoms with van der Waals surface area (Å²) in [5.41, 5.74) is 0.446. The average Bonchev–Trinajstić information content (AvgIpc) is 2.73. The lowest BCUT2D eigenvalue weighted by atomic mass is 9.72. The van der Waals surface area contributed by atoms with Crippen molar-refractivity contribution in [3.63, 3.8) is 0 Å². The van der Waals surface area contributed by atoms with Gasteiger partial charge in [0.05, 0.1) is 5.56 Å².